The van der Waals surface area contributed by atoms with E-state index in [1.54, 1.807) is 0 Å². The Morgan fingerprint density at radius 3 is 2.53 bits per heavy atom. The number of rotatable bonds is 6. The number of benzene rings is 1. The minimum absolute atomic E-state index is 0.228. The number of carbonyl (C=O) groups is 1. The molecule has 17 heavy (non-hydrogen) atoms. The minimum atomic E-state index is -1.39. The zero-order chi connectivity index (χ0) is 12.7. The monoisotopic (exact) mass is 248 g/mol. The molecule has 0 radical (unpaired) electrons. The highest BCUT2D eigenvalue weighted by atomic mass is 28.3. The number of carboxylic acids is 1. The zero-order valence-electron chi connectivity index (χ0n) is 10.5. The maximum atomic E-state index is 10.4. The summed E-state index contributed by atoms with van der Waals surface area (Å²) in [5.74, 6) is -0.725. The third-order valence-corrected chi connectivity index (χ3v) is 5.05. The SMILES string of the molecule is C[Si](C)(/C=C\CCC(=O)O)Cc1ccccc1. The topological polar surface area (TPSA) is 37.3 Å². The maximum absolute atomic E-state index is 10.4. The first-order valence-corrected chi connectivity index (χ1v) is 9.21. The highest BCUT2D eigenvalue weighted by molar-refractivity contribution is 6.81. The van der Waals surface area contributed by atoms with Gasteiger partial charge in [-0.2, -0.15) is 0 Å². The molecule has 92 valence electrons. The summed E-state index contributed by atoms with van der Waals surface area (Å²) >= 11 is 0. The van der Waals surface area contributed by atoms with Crippen molar-refractivity contribution in [3.05, 3.63) is 47.7 Å². The fourth-order valence-corrected chi connectivity index (χ4v) is 4.00. The molecule has 0 bridgehead atoms. The lowest BCUT2D eigenvalue weighted by atomic mass is 10.2. The van der Waals surface area contributed by atoms with E-state index in [2.05, 4.69) is 43.1 Å². The van der Waals surface area contributed by atoms with Crippen LogP contribution in [-0.4, -0.2) is 19.1 Å². The molecular formula is C14H20O2Si. The Bertz CT molecular complexity index is 382. The molecule has 3 heteroatoms. The minimum Gasteiger partial charge on any atom is -0.481 e. The summed E-state index contributed by atoms with van der Waals surface area (Å²) in [6.07, 6.45) is 2.90. The molecule has 1 N–H and O–H groups in total. The molecule has 0 saturated heterocycles. The third kappa shape index (κ3) is 6.07. The van der Waals surface area contributed by atoms with Gasteiger partial charge >= 0.3 is 5.97 Å². The molecule has 0 fully saturated rings. The van der Waals surface area contributed by atoms with Crippen LogP contribution in [0, 0.1) is 0 Å². The van der Waals surface area contributed by atoms with Crippen LogP contribution in [0.1, 0.15) is 18.4 Å². The molecule has 1 aromatic rings. The molecule has 0 spiro atoms. The van der Waals surface area contributed by atoms with Crippen LogP contribution in [0.4, 0.5) is 0 Å². The molecule has 0 saturated carbocycles. The van der Waals surface area contributed by atoms with Gasteiger partial charge in [0, 0.05) is 6.42 Å². The van der Waals surface area contributed by atoms with Crippen LogP contribution < -0.4 is 0 Å². The highest BCUT2D eigenvalue weighted by Crippen LogP contribution is 2.13. The Kier molecular flexibility index (Phi) is 5.16. The first kappa shape index (κ1) is 13.7. The van der Waals surface area contributed by atoms with Crippen LogP contribution in [0.5, 0.6) is 0 Å². The van der Waals surface area contributed by atoms with Gasteiger partial charge in [-0.3, -0.25) is 4.79 Å². The van der Waals surface area contributed by atoms with Crippen LogP contribution in [0.15, 0.2) is 42.1 Å². The predicted octanol–water partition coefficient (Wildman–Crippen LogP) is 3.44. The van der Waals surface area contributed by atoms with Crippen LogP contribution in [0.2, 0.25) is 13.1 Å². The van der Waals surface area contributed by atoms with Gasteiger partial charge in [-0.1, -0.05) is 60.8 Å². The van der Waals surface area contributed by atoms with Crippen molar-refractivity contribution in [1.82, 2.24) is 0 Å². The average Bonchev–Trinajstić information content (AvgIpc) is 2.25. The Morgan fingerprint density at radius 1 is 1.29 bits per heavy atom. The first-order chi connectivity index (χ1) is 7.99. The van der Waals surface area contributed by atoms with E-state index in [9.17, 15) is 4.79 Å². The van der Waals surface area contributed by atoms with E-state index in [1.807, 2.05) is 12.1 Å². The van der Waals surface area contributed by atoms with Gasteiger partial charge < -0.3 is 5.11 Å². The van der Waals surface area contributed by atoms with Crippen molar-refractivity contribution in [1.29, 1.82) is 0 Å². The summed E-state index contributed by atoms with van der Waals surface area (Å²) in [6.45, 7) is 4.61. The molecule has 0 unspecified atom stereocenters. The summed E-state index contributed by atoms with van der Waals surface area (Å²) in [6, 6.07) is 11.6. The van der Waals surface area contributed by atoms with Gasteiger partial charge in [0.15, 0.2) is 0 Å². The molecule has 0 atom stereocenters. The molecule has 2 nitrogen and oxygen atoms in total. The lowest BCUT2D eigenvalue weighted by molar-refractivity contribution is -0.136. The zero-order valence-corrected chi connectivity index (χ0v) is 11.5. The maximum Gasteiger partial charge on any atom is 0.303 e. The summed E-state index contributed by atoms with van der Waals surface area (Å²) in [7, 11) is -1.39. The Balaban J connectivity index is 2.48. The van der Waals surface area contributed by atoms with Crippen molar-refractivity contribution in [2.75, 3.05) is 0 Å². The number of hydrogen-bond acceptors (Lipinski definition) is 1. The van der Waals surface area contributed by atoms with Crippen LogP contribution in [-0.2, 0) is 10.8 Å². The van der Waals surface area contributed by atoms with Gasteiger partial charge in [0.1, 0.15) is 0 Å². The van der Waals surface area contributed by atoms with Crippen molar-refractivity contribution in [2.45, 2.75) is 32.0 Å². The second-order valence-electron chi connectivity index (χ2n) is 4.99. The molecule has 0 aliphatic rings. The number of hydrogen-bond donors (Lipinski definition) is 1. The molecule has 0 aromatic heterocycles. The van der Waals surface area contributed by atoms with E-state index in [1.165, 1.54) is 5.56 Å². The summed E-state index contributed by atoms with van der Waals surface area (Å²) in [4.78, 5) is 10.4. The second kappa shape index (κ2) is 6.40. The van der Waals surface area contributed by atoms with E-state index >= 15 is 0 Å². The van der Waals surface area contributed by atoms with Gasteiger partial charge in [-0.25, -0.2) is 0 Å². The average molecular weight is 248 g/mol. The lowest BCUT2D eigenvalue weighted by Gasteiger charge is -2.17. The molecule has 0 aliphatic heterocycles. The summed E-state index contributed by atoms with van der Waals surface area (Å²) in [5, 5.41) is 8.56. The summed E-state index contributed by atoms with van der Waals surface area (Å²) in [5.41, 5.74) is 3.62. The smallest absolute Gasteiger partial charge is 0.303 e. The van der Waals surface area contributed by atoms with Crippen molar-refractivity contribution >= 4 is 14.0 Å². The van der Waals surface area contributed by atoms with Crippen molar-refractivity contribution in [3.8, 4) is 0 Å². The van der Waals surface area contributed by atoms with E-state index in [0.717, 1.165) is 6.04 Å². The van der Waals surface area contributed by atoms with Gasteiger partial charge in [0.05, 0.1) is 8.07 Å². The Hall–Kier alpha value is -1.35. The standard InChI is InChI=1S/C14H20O2Si/c1-17(2,11-7-6-10-14(15)16)12-13-8-4-3-5-9-13/h3-5,7-9,11H,6,10,12H2,1-2H3,(H,15,16)/b11-7-. The Labute approximate surface area is 104 Å². The normalized spacial score (nSPS) is 11.9. The molecular weight excluding hydrogens is 228 g/mol. The number of allylic oxidation sites excluding steroid dienone is 1. The van der Waals surface area contributed by atoms with Crippen molar-refractivity contribution in [2.24, 2.45) is 0 Å². The van der Waals surface area contributed by atoms with Crippen LogP contribution in [0.25, 0.3) is 0 Å². The molecule has 0 heterocycles. The predicted molar refractivity (Wildman–Crippen MR) is 73.6 cm³/mol. The molecule has 1 rings (SSSR count). The highest BCUT2D eigenvalue weighted by Gasteiger charge is 2.16. The van der Waals surface area contributed by atoms with Gasteiger partial charge in [0.25, 0.3) is 0 Å². The van der Waals surface area contributed by atoms with Crippen molar-refractivity contribution in [3.63, 3.8) is 0 Å². The van der Waals surface area contributed by atoms with Crippen molar-refractivity contribution < 1.29 is 9.90 Å². The fourth-order valence-electron chi connectivity index (χ4n) is 1.79. The quantitative estimate of drug-likeness (QED) is 0.783. The molecule has 1 aromatic carbocycles. The molecule has 0 aliphatic carbocycles. The largest absolute Gasteiger partial charge is 0.481 e. The lowest BCUT2D eigenvalue weighted by Crippen LogP contribution is -2.26. The van der Waals surface area contributed by atoms with E-state index in [4.69, 9.17) is 5.11 Å². The fraction of sp³-hybridized carbons (Fsp3) is 0.357. The number of carboxylic acid groups (broad SMARTS) is 1. The second-order valence-corrected chi connectivity index (χ2v) is 9.65. The van der Waals surface area contributed by atoms with E-state index in [-0.39, 0.29) is 6.42 Å². The van der Waals surface area contributed by atoms with E-state index < -0.39 is 14.0 Å². The number of aliphatic carboxylic acids is 1. The van der Waals surface area contributed by atoms with Gasteiger partial charge in [0.2, 0.25) is 0 Å². The first-order valence-electron chi connectivity index (χ1n) is 5.93. The van der Waals surface area contributed by atoms with E-state index in [0.29, 0.717) is 6.42 Å². The van der Waals surface area contributed by atoms with Crippen LogP contribution >= 0.6 is 0 Å². The van der Waals surface area contributed by atoms with Gasteiger partial charge in [-0.05, 0) is 12.5 Å². The van der Waals surface area contributed by atoms with Gasteiger partial charge in [-0.15, -0.1) is 0 Å². The third-order valence-electron chi connectivity index (χ3n) is 2.60. The summed E-state index contributed by atoms with van der Waals surface area (Å²) < 4.78 is 0. The Morgan fingerprint density at radius 2 is 1.94 bits per heavy atom. The molecule has 0 amide bonds. The van der Waals surface area contributed by atoms with Crippen LogP contribution in [0.3, 0.4) is 0 Å².